The first-order valence-corrected chi connectivity index (χ1v) is 20.0. The molecular weight excluding hydrogens is 857 g/mol. The smallest absolute Gasteiger partial charge is 0.399 e. The van der Waals surface area contributed by atoms with E-state index in [0.29, 0.717) is 10.7 Å². The number of benzene rings is 8. The van der Waals surface area contributed by atoms with Crippen molar-refractivity contribution in [2.45, 2.75) is 38.9 Å². The molecule has 4 N–H and O–H groups in total. The van der Waals surface area contributed by atoms with E-state index < -0.39 is 0 Å². The molecule has 9 rings (SSSR count). The quantitative estimate of drug-likeness (QED) is 0.0978. The summed E-state index contributed by atoms with van der Waals surface area (Å²) in [5.74, 6) is 0. The van der Waals surface area contributed by atoms with Gasteiger partial charge in [-0.15, -0.1) is 0 Å². The molecule has 0 aliphatic carbocycles. The Morgan fingerprint density at radius 1 is 0.491 bits per heavy atom. The van der Waals surface area contributed by atoms with Gasteiger partial charge in [0.15, 0.2) is 0 Å². The summed E-state index contributed by atoms with van der Waals surface area (Å²) >= 11 is 20.6. The Bertz CT molecular complexity index is 2520. The van der Waals surface area contributed by atoms with Gasteiger partial charge in [-0.3, -0.25) is 0 Å². The van der Waals surface area contributed by atoms with Crippen LogP contribution in [0.2, 0.25) is 15.1 Å². The van der Waals surface area contributed by atoms with Gasteiger partial charge < -0.3 is 20.8 Å². The summed E-state index contributed by atoms with van der Waals surface area (Å²) in [4.78, 5) is 0. The molecule has 0 aromatic heterocycles. The van der Waals surface area contributed by atoms with Crippen LogP contribution in [0.5, 0.6) is 0 Å². The first-order valence-electron chi connectivity index (χ1n) is 17.8. The van der Waals surface area contributed by atoms with Crippen LogP contribution in [0.15, 0.2) is 152 Å². The minimum atomic E-state index is -0.347. The van der Waals surface area contributed by atoms with Crippen molar-refractivity contribution in [3.63, 3.8) is 0 Å². The summed E-state index contributed by atoms with van der Waals surface area (Å²) < 4.78 is 13.3. The lowest BCUT2D eigenvalue weighted by Gasteiger charge is -2.32. The summed E-state index contributed by atoms with van der Waals surface area (Å²) in [6.45, 7) is 8.23. The molecule has 1 aliphatic rings. The zero-order valence-electron chi connectivity index (χ0n) is 31.0. The monoisotopic (exact) mass is 896 g/mol. The van der Waals surface area contributed by atoms with Crippen molar-refractivity contribution in [3.05, 3.63) is 170 Å². The van der Waals surface area contributed by atoms with Gasteiger partial charge in [-0.05, 0) is 118 Å². The minimum Gasteiger partial charge on any atom is -0.399 e. The Labute approximate surface area is 352 Å². The summed E-state index contributed by atoms with van der Waals surface area (Å²) in [5.41, 5.74) is 13.1. The molecule has 9 heteroatoms. The van der Waals surface area contributed by atoms with Crippen LogP contribution in [0.25, 0.3) is 43.1 Å². The van der Waals surface area contributed by atoms with Gasteiger partial charge in [0.25, 0.3) is 0 Å². The number of halogens is 4. The van der Waals surface area contributed by atoms with E-state index in [2.05, 4.69) is 92.8 Å². The van der Waals surface area contributed by atoms with E-state index >= 15 is 0 Å². The van der Waals surface area contributed by atoms with E-state index in [1.54, 1.807) is 0 Å². The number of fused-ring (bicyclic) bond motifs is 4. The van der Waals surface area contributed by atoms with E-state index in [1.807, 2.05) is 109 Å². The molecule has 8 aromatic rings. The molecule has 1 heterocycles. The van der Waals surface area contributed by atoms with Gasteiger partial charge in [0.2, 0.25) is 0 Å². The number of nitrogen functional groups attached to an aromatic ring is 2. The van der Waals surface area contributed by atoms with Gasteiger partial charge in [0, 0.05) is 25.1 Å². The van der Waals surface area contributed by atoms with Crippen LogP contribution < -0.4 is 16.9 Å². The normalized spacial score (nSPS) is 14.1. The highest BCUT2D eigenvalue weighted by atomic mass is 127. The number of nitrogens with two attached hydrogens (primary N) is 2. The molecule has 0 atom stereocenters. The van der Waals surface area contributed by atoms with Crippen LogP contribution in [0.4, 0.5) is 11.4 Å². The van der Waals surface area contributed by atoms with E-state index in [1.165, 1.54) is 16.2 Å². The first-order chi connectivity index (χ1) is 26.2. The van der Waals surface area contributed by atoms with E-state index in [4.69, 9.17) is 55.6 Å². The molecule has 0 radical (unpaired) electrons. The Kier molecular flexibility index (Phi) is 12.9. The predicted molar refractivity (Wildman–Crippen MR) is 248 cm³/mol. The van der Waals surface area contributed by atoms with Crippen molar-refractivity contribution in [1.82, 2.24) is 0 Å². The highest BCUT2D eigenvalue weighted by molar-refractivity contribution is 14.1. The van der Waals surface area contributed by atoms with E-state index in [0.717, 1.165) is 51.7 Å². The topological polar surface area (TPSA) is 70.5 Å². The zero-order chi connectivity index (χ0) is 39.3. The first kappa shape index (κ1) is 40.6. The molecule has 1 saturated heterocycles. The Morgan fingerprint density at radius 2 is 0.982 bits per heavy atom. The molecule has 8 aromatic carbocycles. The molecule has 0 bridgehead atoms. The van der Waals surface area contributed by atoms with Gasteiger partial charge in [-0.2, -0.15) is 0 Å². The molecule has 0 unspecified atom stereocenters. The van der Waals surface area contributed by atoms with E-state index in [9.17, 15) is 0 Å². The van der Waals surface area contributed by atoms with Gasteiger partial charge in [-0.1, -0.05) is 156 Å². The van der Waals surface area contributed by atoms with Crippen molar-refractivity contribution in [2.75, 3.05) is 11.5 Å². The molecule has 0 spiro atoms. The highest BCUT2D eigenvalue weighted by Gasteiger charge is 2.51. The third kappa shape index (κ3) is 9.51. The van der Waals surface area contributed by atoms with Crippen LogP contribution in [0, 0.1) is 3.57 Å². The van der Waals surface area contributed by atoms with Gasteiger partial charge in [0.1, 0.15) is 0 Å². The van der Waals surface area contributed by atoms with Crippen molar-refractivity contribution in [1.29, 1.82) is 0 Å². The van der Waals surface area contributed by atoms with Crippen molar-refractivity contribution in [3.8, 4) is 0 Å². The molecule has 4 nitrogen and oxygen atoms in total. The minimum absolute atomic E-state index is 0.326. The Hall–Kier alpha value is -4.02. The standard InChI is InChI=1S/C16H18BClO2.C10H6ClI.C10H8ClN.C10H9N/c1-15(2)16(3,4)20-17(19-15)12-9-8-11-6-5-7-14(18)13(11)10-12;2*11-10-8-4-2-1-3-7(8)5-6-9(10)12;11-10-6-5-8-3-1-2-4-9(8)7-10/h5-10H,1-4H3;1-6H;1-6H,12H2;1-7H,11H2. The van der Waals surface area contributed by atoms with Crippen molar-refractivity contribution in [2.24, 2.45) is 0 Å². The Balaban J connectivity index is 0.000000129. The summed E-state index contributed by atoms with van der Waals surface area (Å²) in [7, 11) is -0.347. The fourth-order valence-electron chi connectivity index (χ4n) is 6.04. The number of rotatable bonds is 1. The number of hydrogen-bond acceptors (Lipinski definition) is 4. The number of anilines is 2. The second kappa shape index (κ2) is 17.4. The summed E-state index contributed by atoms with van der Waals surface area (Å²) in [5, 5.41) is 11.3. The molecule has 278 valence electrons. The van der Waals surface area contributed by atoms with Crippen molar-refractivity contribution < 1.29 is 9.31 Å². The average molecular weight is 898 g/mol. The predicted octanol–water partition coefficient (Wildman–Crippen LogP) is 13.4. The van der Waals surface area contributed by atoms with Crippen LogP contribution in [-0.4, -0.2) is 18.3 Å². The van der Waals surface area contributed by atoms with Crippen LogP contribution in [0.3, 0.4) is 0 Å². The van der Waals surface area contributed by atoms with Gasteiger partial charge >= 0.3 is 7.12 Å². The molecular formula is C46H41BCl3IN2O2. The van der Waals surface area contributed by atoms with Crippen LogP contribution >= 0.6 is 57.4 Å². The van der Waals surface area contributed by atoms with Crippen LogP contribution in [0.1, 0.15) is 27.7 Å². The lowest BCUT2D eigenvalue weighted by molar-refractivity contribution is 0.00578. The fraction of sp³-hybridized carbons (Fsp3) is 0.130. The number of hydrogen-bond donors (Lipinski definition) is 2. The van der Waals surface area contributed by atoms with E-state index in [-0.39, 0.29) is 18.3 Å². The third-order valence-electron chi connectivity index (χ3n) is 9.86. The summed E-state index contributed by atoms with van der Waals surface area (Å²) in [6, 6.07) is 50.1. The Morgan fingerprint density at radius 3 is 1.64 bits per heavy atom. The molecule has 0 saturated carbocycles. The maximum absolute atomic E-state index is 6.27. The van der Waals surface area contributed by atoms with Crippen LogP contribution in [-0.2, 0) is 9.31 Å². The lowest BCUT2D eigenvalue weighted by atomic mass is 9.78. The second-order valence-corrected chi connectivity index (χ2v) is 16.5. The average Bonchev–Trinajstić information content (AvgIpc) is 3.41. The molecule has 1 aliphatic heterocycles. The molecule has 1 fully saturated rings. The fourth-order valence-corrected chi connectivity index (χ4v) is 7.22. The second-order valence-electron chi connectivity index (χ2n) is 14.2. The lowest BCUT2D eigenvalue weighted by Crippen LogP contribution is -2.41. The summed E-state index contributed by atoms with van der Waals surface area (Å²) in [6.07, 6.45) is 0. The molecule has 55 heavy (non-hydrogen) atoms. The highest BCUT2D eigenvalue weighted by Crippen LogP contribution is 2.37. The zero-order valence-corrected chi connectivity index (χ0v) is 35.4. The van der Waals surface area contributed by atoms with Crippen molar-refractivity contribution >= 4 is 124 Å². The third-order valence-corrected chi connectivity index (χ3v) is 12.2. The van der Waals surface area contributed by atoms with Gasteiger partial charge in [0.05, 0.1) is 26.9 Å². The van der Waals surface area contributed by atoms with Gasteiger partial charge in [-0.25, -0.2) is 0 Å². The maximum atomic E-state index is 6.27. The maximum Gasteiger partial charge on any atom is 0.494 e. The SMILES string of the molecule is CC1(C)OB(c2ccc3cccc(Cl)c3c2)OC1(C)C.Clc1c(I)ccc2ccccc12.Nc1ccc2ccccc2c1.Nc1ccc2ccccc2c1Cl. The molecule has 0 amide bonds. The largest absolute Gasteiger partial charge is 0.494 e.